The molecule has 0 radical (unpaired) electrons. The van der Waals surface area contributed by atoms with E-state index in [2.05, 4.69) is 67.8 Å². The first-order valence-electron chi connectivity index (χ1n) is 9.34. The van der Waals surface area contributed by atoms with E-state index in [0.717, 1.165) is 13.1 Å². The highest BCUT2D eigenvalue weighted by molar-refractivity contribution is 5.60. The quantitative estimate of drug-likeness (QED) is 0.722. The van der Waals surface area contributed by atoms with Crippen LogP contribution in [0.4, 0.5) is 11.4 Å². The molecule has 4 rings (SSSR count). The smallest absolute Gasteiger partial charge is 0.0407 e. The van der Waals surface area contributed by atoms with Crippen LogP contribution in [0.1, 0.15) is 54.9 Å². The number of rotatable bonds is 1. The lowest BCUT2D eigenvalue weighted by molar-refractivity contribution is 0.803. The Hall–Kier alpha value is -1.96. The second-order valence-electron chi connectivity index (χ2n) is 7.26. The summed E-state index contributed by atoms with van der Waals surface area (Å²) < 4.78 is 0. The van der Waals surface area contributed by atoms with Crippen LogP contribution in [0.2, 0.25) is 0 Å². The number of aryl methyl sites for hydroxylation is 3. The molecule has 0 atom stereocenters. The summed E-state index contributed by atoms with van der Waals surface area (Å²) >= 11 is 0. The molecule has 0 aromatic heterocycles. The minimum absolute atomic E-state index is 0.626. The first kappa shape index (κ1) is 16.9. The molecular formula is C22H30N2. The number of anilines is 2. The van der Waals surface area contributed by atoms with Gasteiger partial charge < -0.3 is 10.6 Å². The van der Waals surface area contributed by atoms with Crippen LogP contribution in [-0.4, -0.2) is 13.1 Å². The summed E-state index contributed by atoms with van der Waals surface area (Å²) in [5, 5.41) is 6.92. The van der Waals surface area contributed by atoms with Gasteiger partial charge in [0, 0.05) is 24.5 Å². The van der Waals surface area contributed by atoms with Crippen molar-refractivity contribution in [3.63, 3.8) is 0 Å². The van der Waals surface area contributed by atoms with Crippen LogP contribution in [-0.2, 0) is 12.8 Å². The molecule has 24 heavy (non-hydrogen) atoms. The van der Waals surface area contributed by atoms with Crippen molar-refractivity contribution in [1.82, 2.24) is 0 Å². The van der Waals surface area contributed by atoms with Gasteiger partial charge in [-0.2, -0.15) is 0 Å². The molecular weight excluding hydrogens is 292 g/mol. The van der Waals surface area contributed by atoms with Gasteiger partial charge in [0.05, 0.1) is 0 Å². The summed E-state index contributed by atoms with van der Waals surface area (Å²) in [6, 6.07) is 13.3. The zero-order chi connectivity index (χ0) is 16.9. The Morgan fingerprint density at radius 2 is 1.62 bits per heavy atom. The molecule has 2 heteroatoms. The maximum Gasteiger partial charge on any atom is 0.0407 e. The minimum Gasteiger partial charge on any atom is -0.385 e. The molecule has 128 valence electrons. The summed E-state index contributed by atoms with van der Waals surface area (Å²) in [6.45, 7) is 8.92. The van der Waals surface area contributed by atoms with Gasteiger partial charge in [0.25, 0.3) is 0 Å². The molecule has 2 aliphatic rings. The van der Waals surface area contributed by atoms with Gasteiger partial charge in [-0.25, -0.2) is 0 Å². The topological polar surface area (TPSA) is 24.1 Å². The average molecular weight is 322 g/mol. The third kappa shape index (κ3) is 3.92. The molecule has 2 nitrogen and oxygen atoms in total. The van der Waals surface area contributed by atoms with Gasteiger partial charge in [-0.05, 0) is 66.8 Å². The van der Waals surface area contributed by atoms with Crippen molar-refractivity contribution in [2.75, 3.05) is 23.7 Å². The Balaban J connectivity index is 0.000000143. The summed E-state index contributed by atoms with van der Waals surface area (Å²) in [5.41, 5.74) is 8.54. The van der Waals surface area contributed by atoms with E-state index in [1.807, 2.05) is 0 Å². The van der Waals surface area contributed by atoms with Crippen molar-refractivity contribution in [3.8, 4) is 0 Å². The third-order valence-electron chi connectivity index (χ3n) is 4.93. The predicted octanol–water partition coefficient (Wildman–Crippen LogP) is 5.52. The van der Waals surface area contributed by atoms with E-state index in [-0.39, 0.29) is 0 Å². The number of fused-ring (bicyclic) bond motifs is 2. The lowest BCUT2D eigenvalue weighted by Gasteiger charge is -2.22. The van der Waals surface area contributed by atoms with Gasteiger partial charge >= 0.3 is 0 Å². The number of hydrogen-bond donors (Lipinski definition) is 2. The fourth-order valence-electron chi connectivity index (χ4n) is 3.59. The van der Waals surface area contributed by atoms with E-state index < -0.39 is 0 Å². The van der Waals surface area contributed by atoms with Crippen molar-refractivity contribution in [2.24, 2.45) is 0 Å². The van der Waals surface area contributed by atoms with Crippen LogP contribution in [0.3, 0.4) is 0 Å². The Kier molecular flexibility index (Phi) is 5.44. The molecule has 0 amide bonds. The highest BCUT2D eigenvalue weighted by atomic mass is 14.9. The molecule has 2 N–H and O–H groups in total. The average Bonchev–Trinajstić information content (AvgIpc) is 2.61. The number of nitrogens with one attached hydrogen (secondary N) is 2. The number of benzene rings is 2. The normalized spacial score (nSPS) is 15.3. The van der Waals surface area contributed by atoms with E-state index in [9.17, 15) is 0 Å². The van der Waals surface area contributed by atoms with Gasteiger partial charge in [-0.3, -0.25) is 0 Å². The standard InChI is InChI=1S/C12H17N.C10H13N/c1-9(2)11-7-3-5-10-6-4-8-13-12(10)11;1-8-4-5-9-3-2-6-11-10(9)7-8/h3,5,7,9,13H,4,6,8H2,1-2H3;4-5,7,11H,2-3,6H2,1H3. The van der Waals surface area contributed by atoms with Crippen LogP contribution >= 0.6 is 0 Å². The molecule has 2 heterocycles. The van der Waals surface area contributed by atoms with E-state index in [0.29, 0.717) is 5.92 Å². The maximum atomic E-state index is 3.51. The van der Waals surface area contributed by atoms with Crippen LogP contribution < -0.4 is 10.6 Å². The van der Waals surface area contributed by atoms with Gasteiger partial charge in [0.15, 0.2) is 0 Å². The molecule has 0 fully saturated rings. The van der Waals surface area contributed by atoms with Crippen LogP contribution in [0.15, 0.2) is 36.4 Å². The van der Waals surface area contributed by atoms with Gasteiger partial charge in [0.1, 0.15) is 0 Å². The summed E-state index contributed by atoms with van der Waals surface area (Å²) in [4.78, 5) is 0. The van der Waals surface area contributed by atoms with E-state index >= 15 is 0 Å². The fraction of sp³-hybridized carbons (Fsp3) is 0.455. The summed E-state index contributed by atoms with van der Waals surface area (Å²) in [6.07, 6.45) is 5.02. The lowest BCUT2D eigenvalue weighted by Crippen LogP contribution is -2.14. The van der Waals surface area contributed by atoms with Crippen LogP contribution in [0, 0.1) is 6.92 Å². The largest absolute Gasteiger partial charge is 0.385 e. The van der Waals surface area contributed by atoms with E-state index in [4.69, 9.17) is 0 Å². The zero-order valence-electron chi connectivity index (χ0n) is 15.3. The maximum absolute atomic E-state index is 3.51. The summed E-state index contributed by atoms with van der Waals surface area (Å²) in [7, 11) is 0. The van der Waals surface area contributed by atoms with Crippen molar-refractivity contribution < 1.29 is 0 Å². The van der Waals surface area contributed by atoms with Gasteiger partial charge in [0.2, 0.25) is 0 Å². The molecule has 0 unspecified atom stereocenters. The molecule has 0 saturated carbocycles. The van der Waals surface area contributed by atoms with E-state index in [1.54, 1.807) is 0 Å². The number of para-hydroxylation sites is 1. The Bertz CT molecular complexity index is 688. The molecule has 2 aliphatic heterocycles. The van der Waals surface area contributed by atoms with Crippen molar-refractivity contribution >= 4 is 11.4 Å². The second kappa shape index (κ2) is 7.74. The van der Waals surface area contributed by atoms with Crippen LogP contribution in [0.5, 0.6) is 0 Å². The van der Waals surface area contributed by atoms with Crippen molar-refractivity contribution in [2.45, 2.75) is 52.4 Å². The Morgan fingerprint density at radius 3 is 2.42 bits per heavy atom. The lowest BCUT2D eigenvalue weighted by atomic mass is 9.94. The molecule has 2 aromatic carbocycles. The van der Waals surface area contributed by atoms with Crippen molar-refractivity contribution in [3.05, 3.63) is 58.7 Å². The van der Waals surface area contributed by atoms with Gasteiger partial charge in [-0.15, -0.1) is 0 Å². The highest BCUT2D eigenvalue weighted by Crippen LogP contribution is 2.30. The first-order valence-corrected chi connectivity index (χ1v) is 9.34. The monoisotopic (exact) mass is 322 g/mol. The third-order valence-corrected chi connectivity index (χ3v) is 4.93. The Morgan fingerprint density at radius 1 is 0.875 bits per heavy atom. The summed E-state index contributed by atoms with van der Waals surface area (Å²) in [5.74, 6) is 0.626. The fourth-order valence-corrected chi connectivity index (χ4v) is 3.59. The minimum atomic E-state index is 0.626. The zero-order valence-corrected chi connectivity index (χ0v) is 15.3. The predicted molar refractivity (Wildman–Crippen MR) is 105 cm³/mol. The molecule has 0 saturated heterocycles. The van der Waals surface area contributed by atoms with Crippen LogP contribution in [0.25, 0.3) is 0 Å². The van der Waals surface area contributed by atoms with Gasteiger partial charge in [-0.1, -0.05) is 44.2 Å². The molecule has 2 aromatic rings. The Labute approximate surface area is 146 Å². The molecule has 0 aliphatic carbocycles. The molecule has 0 bridgehead atoms. The van der Waals surface area contributed by atoms with E-state index in [1.165, 1.54) is 59.3 Å². The first-order chi connectivity index (χ1) is 11.6. The SMILES string of the molecule is CC(C)c1cccc2c1NCCC2.Cc1ccc2c(c1)NCCC2. The second-order valence-corrected chi connectivity index (χ2v) is 7.26. The number of hydrogen-bond acceptors (Lipinski definition) is 2. The molecule has 0 spiro atoms. The highest BCUT2D eigenvalue weighted by Gasteiger charge is 2.13. The van der Waals surface area contributed by atoms with Crippen molar-refractivity contribution in [1.29, 1.82) is 0 Å².